The Labute approximate surface area is 65.1 Å². The molecule has 0 spiro atoms. The first-order valence-electron chi connectivity index (χ1n) is 2.99. The van der Waals surface area contributed by atoms with E-state index in [-0.39, 0.29) is 5.70 Å². The molecule has 2 nitrogen and oxygen atoms in total. The number of benzene rings is 1. The second kappa shape index (κ2) is 3.36. The molecule has 0 aliphatic rings. The van der Waals surface area contributed by atoms with Crippen molar-refractivity contribution in [3.63, 3.8) is 0 Å². The first-order valence-corrected chi connectivity index (χ1v) is 2.99. The van der Waals surface area contributed by atoms with Crippen LogP contribution < -0.4 is 0 Å². The van der Waals surface area contributed by atoms with Crippen molar-refractivity contribution in [2.45, 2.75) is 0 Å². The quantitative estimate of drug-likeness (QED) is 0.421. The monoisotopic (exact) mass is 140 g/mol. The van der Waals surface area contributed by atoms with Gasteiger partial charge in [-0.3, -0.25) is 5.87 Å². The van der Waals surface area contributed by atoms with Gasteiger partial charge in [-0.05, 0) is 0 Å². The molecular weight excluding hydrogens is 136 g/mol. The number of nitrogens with zero attached hydrogens (tertiary/aromatic N) is 2. The Morgan fingerprint density at radius 3 is 3.00 bits per heavy atom. The highest BCUT2D eigenvalue weighted by atomic mass is 14.7. The predicted octanol–water partition coefficient (Wildman–Crippen LogP) is 1.99. The van der Waals surface area contributed by atoms with E-state index in [0.29, 0.717) is 5.56 Å². The Morgan fingerprint density at radius 1 is 1.73 bits per heavy atom. The fourth-order valence-corrected chi connectivity index (χ4v) is 0.695. The molecule has 0 aliphatic carbocycles. The van der Waals surface area contributed by atoms with E-state index in [1.54, 1.807) is 24.3 Å². The summed E-state index contributed by atoms with van der Waals surface area (Å²) in [6, 6.07) is 9.60. The van der Waals surface area contributed by atoms with Gasteiger partial charge in [0.1, 0.15) is 0 Å². The first-order chi connectivity index (χ1) is 5.38. The van der Waals surface area contributed by atoms with Gasteiger partial charge < -0.3 is 5.41 Å². The molecule has 52 valence electrons. The minimum atomic E-state index is 0.113. The van der Waals surface area contributed by atoms with Crippen molar-refractivity contribution >= 4 is 11.6 Å². The van der Waals surface area contributed by atoms with Gasteiger partial charge in [0.25, 0.3) is 0 Å². The molecule has 0 amide bonds. The number of hydrogen-bond donors (Lipinski definition) is 0. The van der Waals surface area contributed by atoms with Crippen molar-refractivity contribution in [1.29, 1.82) is 0 Å². The van der Waals surface area contributed by atoms with Crippen molar-refractivity contribution in [3.05, 3.63) is 52.7 Å². The largest absolute Gasteiger partial charge is 0.776 e. The minimum Gasteiger partial charge on any atom is -0.776 e. The van der Waals surface area contributed by atoms with Crippen molar-refractivity contribution in [2.75, 3.05) is 0 Å². The standard InChI is InChI=1S/C9H4N2/c1-11-9(7-10)8-5-3-2-4-6-8/h2-3,5-6H/q-2. The van der Waals surface area contributed by atoms with Gasteiger partial charge >= 0.3 is 0 Å². The zero-order valence-corrected chi connectivity index (χ0v) is 5.70. The SMILES string of the molecule is [C-]#[N+]C(=C=[N-])c1c[c-]ccc1. The van der Waals surface area contributed by atoms with E-state index in [1.165, 1.54) is 0 Å². The molecular formula is C9H4N2-2. The summed E-state index contributed by atoms with van der Waals surface area (Å²) in [5.41, 5.74) is 0.742. The molecule has 0 N–H and O–H groups in total. The van der Waals surface area contributed by atoms with Crippen molar-refractivity contribution in [3.8, 4) is 0 Å². The van der Waals surface area contributed by atoms with Gasteiger partial charge in [-0.1, -0.05) is 0 Å². The summed E-state index contributed by atoms with van der Waals surface area (Å²) in [4.78, 5) is 3.06. The molecule has 11 heavy (non-hydrogen) atoms. The van der Waals surface area contributed by atoms with Crippen molar-refractivity contribution in [2.24, 2.45) is 0 Å². The lowest BCUT2D eigenvalue weighted by molar-refractivity contribution is 1.62. The summed E-state index contributed by atoms with van der Waals surface area (Å²) in [5, 5.41) is 8.46. The molecule has 0 fully saturated rings. The molecule has 0 aromatic heterocycles. The van der Waals surface area contributed by atoms with Crippen LogP contribution >= 0.6 is 0 Å². The summed E-state index contributed by atoms with van der Waals surface area (Å²) in [7, 11) is 0. The van der Waals surface area contributed by atoms with Crippen molar-refractivity contribution in [1.82, 2.24) is 0 Å². The van der Waals surface area contributed by atoms with Crippen LogP contribution in [0.2, 0.25) is 0 Å². The van der Waals surface area contributed by atoms with E-state index in [2.05, 4.69) is 10.9 Å². The highest BCUT2D eigenvalue weighted by Gasteiger charge is 1.85. The van der Waals surface area contributed by atoms with Crippen LogP contribution in [0.5, 0.6) is 0 Å². The highest BCUT2D eigenvalue weighted by Crippen LogP contribution is 2.10. The van der Waals surface area contributed by atoms with Gasteiger partial charge in [0, 0.05) is 0 Å². The third-order valence-corrected chi connectivity index (χ3v) is 1.20. The molecule has 0 saturated heterocycles. The minimum absolute atomic E-state index is 0.113. The Morgan fingerprint density at radius 2 is 2.55 bits per heavy atom. The molecule has 0 unspecified atom stereocenters. The highest BCUT2D eigenvalue weighted by molar-refractivity contribution is 5.94. The van der Waals surface area contributed by atoms with Gasteiger partial charge in [0.05, 0.1) is 6.57 Å². The van der Waals surface area contributed by atoms with Crippen LogP contribution in [0.1, 0.15) is 5.56 Å². The lowest BCUT2D eigenvalue weighted by atomic mass is 10.2. The zero-order chi connectivity index (χ0) is 8.10. The Kier molecular flexibility index (Phi) is 2.22. The lowest BCUT2D eigenvalue weighted by Gasteiger charge is -2.02. The van der Waals surface area contributed by atoms with Crippen LogP contribution in [0.3, 0.4) is 0 Å². The van der Waals surface area contributed by atoms with Gasteiger partial charge in [-0.15, -0.1) is 5.56 Å². The molecule has 1 aromatic rings. The third-order valence-electron chi connectivity index (χ3n) is 1.20. The maximum absolute atomic E-state index is 8.46. The fourth-order valence-electron chi connectivity index (χ4n) is 0.695. The summed E-state index contributed by atoms with van der Waals surface area (Å²) >= 11 is 0. The molecule has 0 radical (unpaired) electrons. The molecule has 0 heterocycles. The second-order valence-corrected chi connectivity index (χ2v) is 1.86. The van der Waals surface area contributed by atoms with Gasteiger partial charge in [-0.25, -0.2) is 4.85 Å². The zero-order valence-electron chi connectivity index (χ0n) is 5.70. The molecule has 0 atom stereocenters. The second-order valence-electron chi connectivity index (χ2n) is 1.86. The van der Waals surface area contributed by atoms with Gasteiger partial charge in [-0.2, -0.15) is 30.3 Å². The van der Waals surface area contributed by atoms with Crippen LogP contribution in [0.15, 0.2) is 24.3 Å². The molecule has 1 rings (SSSR count). The van der Waals surface area contributed by atoms with Crippen molar-refractivity contribution < 1.29 is 0 Å². The molecule has 0 aliphatic heterocycles. The topological polar surface area (TPSA) is 26.7 Å². The smallest absolute Gasteiger partial charge is 0.159 e. The summed E-state index contributed by atoms with van der Waals surface area (Å²) < 4.78 is 0. The molecule has 0 saturated carbocycles. The van der Waals surface area contributed by atoms with Crippen LogP contribution in [0, 0.1) is 12.6 Å². The van der Waals surface area contributed by atoms with E-state index in [9.17, 15) is 0 Å². The summed E-state index contributed by atoms with van der Waals surface area (Å²) in [6.07, 6.45) is 0. The fraction of sp³-hybridized carbons (Fsp3) is 0. The Balaban J connectivity index is 3.15. The van der Waals surface area contributed by atoms with Crippen LogP contribution in [-0.4, -0.2) is 5.87 Å². The Bertz CT molecular complexity index is 326. The Hall–Kier alpha value is -1.84. The first kappa shape index (κ1) is 7.27. The van der Waals surface area contributed by atoms with Gasteiger partial charge in [0.2, 0.25) is 0 Å². The van der Waals surface area contributed by atoms with Crippen LogP contribution in [0.4, 0.5) is 0 Å². The number of hydrogen-bond acceptors (Lipinski definition) is 0. The summed E-state index contributed by atoms with van der Waals surface area (Å²) in [6.45, 7) is 6.65. The van der Waals surface area contributed by atoms with Crippen LogP contribution in [0.25, 0.3) is 16.0 Å². The summed E-state index contributed by atoms with van der Waals surface area (Å²) in [5.74, 6) is 1.81. The van der Waals surface area contributed by atoms with Gasteiger partial charge in [0.15, 0.2) is 5.70 Å². The molecule has 2 heteroatoms. The van der Waals surface area contributed by atoms with E-state index < -0.39 is 0 Å². The van der Waals surface area contributed by atoms with E-state index >= 15 is 0 Å². The normalized spacial score (nSPS) is 7.91. The van der Waals surface area contributed by atoms with E-state index in [4.69, 9.17) is 12.0 Å². The maximum Gasteiger partial charge on any atom is 0.159 e. The maximum atomic E-state index is 8.46. The van der Waals surface area contributed by atoms with E-state index in [0.717, 1.165) is 0 Å². The third kappa shape index (κ3) is 1.54. The lowest BCUT2D eigenvalue weighted by Crippen LogP contribution is -1.76. The average molecular weight is 140 g/mol. The number of rotatable bonds is 1. The van der Waals surface area contributed by atoms with E-state index in [1.807, 2.05) is 5.87 Å². The molecule has 0 bridgehead atoms. The average Bonchev–Trinajstić information content (AvgIpc) is 2.09. The van der Waals surface area contributed by atoms with Crippen LogP contribution in [-0.2, 0) is 0 Å². The predicted molar refractivity (Wildman–Crippen MR) is 43.7 cm³/mol. The molecule has 1 aromatic carbocycles.